The van der Waals surface area contributed by atoms with Crippen LogP contribution < -0.4 is 0 Å². The van der Waals surface area contributed by atoms with Crippen molar-refractivity contribution in [1.82, 2.24) is 9.38 Å². The number of aliphatic imine (C=N–C) groups is 1. The molecule has 0 radical (unpaired) electrons. The molecule has 4 aromatic rings. The Bertz CT molecular complexity index is 1460. The Morgan fingerprint density at radius 1 is 0.879 bits per heavy atom. The van der Waals surface area contributed by atoms with Crippen LogP contribution in [-0.4, -0.2) is 36.6 Å². The lowest BCUT2D eigenvalue weighted by atomic mass is 9.83. The zero-order chi connectivity index (χ0) is 23.5. The molecule has 0 amide bonds. The summed E-state index contributed by atoms with van der Waals surface area (Å²) >= 11 is 0. The second kappa shape index (κ2) is 7.58. The van der Waals surface area contributed by atoms with E-state index in [-0.39, 0.29) is 5.41 Å². The molecule has 6 heteroatoms. The monoisotopic (exact) mass is 441 g/mol. The average Bonchev–Trinajstić information content (AvgIpc) is 3.28. The van der Waals surface area contributed by atoms with Crippen LogP contribution in [0.5, 0.6) is 0 Å². The Labute approximate surface area is 193 Å². The number of benzene rings is 3. The van der Waals surface area contributed by atoms with Gasteiger partial charge in [-0.1, -0.05) is 63.2 Å². The van der Waals surface area contributed by atoms with Crippen LogP contribution in [0.15, 0.2) is 71.9 Å². The topological polar surface area (TPSA) is 20.5 Å². The van der Waals surface area contributed by atoms with Crippen LogP contribution >= 0.6 is 0 Å². The molecular formula is C27H26BF2N3. The van der Waals surface area contributed by atoms with Gasteiger partial charge in [0, 0.05) is 53.3 Å². The van der Waals surface area contributed by atoms with Gasteiger partial charge in [0.05, 0.1) is 16.9 Å². The molecule has 0 unspecified atom stereocenters. The van der Waals surface area contributed by atoms with Gasteiger partial charge in [-0.05, 0) is 29.2 Å². The van der Waals surface area contributed by atoms with Gasteiger partial charge in [-0.2, -0.15) is 0 Å². The first-order chi connectivity index (χ1) is 15.7. The van der Waals surface area contributed by atoms with Gasteiger partial charge in [0.15, 0.2) is 0 Å². The first kappa shape index (κ1) is 21.4. The third-order valence-corrected chi connectivity index (χ3v) is 6.19. The minimum Gasteiger partial charge on any atom is -0.382 e. The molecule has 0 fully saturated rings. The molecule has 0 N–H and O–H groups in total. The predicted molar refractivity (Wildman–Crippen MR) is 135 cm³/mol. The first-order valence-electron chi connectivity index (χ1n) is 11.1. The van der Waals surface area contributed by atoms with Gasteiger partial charge in [0.2, 0.25) is 0 Å². The van der Waals surface area contributed by atoms with Gasteiger partial charge >= 0.3 is 7.40 Å². The standard InChI is InChI=1S/C27H26BF2N3/c1-27(2,3)17-14-21-19-11-8-9-13-24(19)33(28(29)30)26(21)22(15-17)25-20-12-7-6-10-18(20)23(31-25)16-32(4)5/h6-16H,1-5H3/b23-16-. The minimum atomic E-state index is -2.67. The van der Waals surface area contributed by atoms with E-state index in [1.54, 1.807) is 6.07 Å². The molecule has 0 atom stereocenters. The highest BCUT2D eigenvalue weighted by Crippen LogP contribution is 2.40. The van der Waals surface area contributed by atoms with E-state index < -0.39 is 7.40 Å². The Morgan fingerprint density at radius 2 is 1.55 bits per heavy atom. The summed E-state index contributed by atoms with van der Waals surface area (Å²) in [4.78, 5) is 6.94. The van der Waals surface area contributed by atoms with E-state index in [0.717, 1.165) is 48.9 Å². The second-order valence-corrected chi connectivity index (χ2v) is 9.82. The molecule has 0 saturated carbocycles. The lowest BCUT2D eigenvalue weighted by molar-refractivity contribution is 0.565. The van der Waals surface area contributed by atoms with Crippen molar-refractivity contribution in [3.63, 3.8) is 0 Å². The van der Waals surface area contributed by atoms with Crippen molar-refractivity contribution >= 4 is 40.6 Å². The van der Waals surface area contributed by atoms with Crippen molar-refractivity contribution in [2.75, 3.05) is 14.1 Å². The fraction of sp³-hybridized carbons (Fsp3) is 0.222. The Kier molecular flexibility index (Phi) is 4.93. The van der Waals surface area contributed by atoms with Crippen LogP contribution in [0.1, 0.15) is 43.0 Å². The largest absolute Gasteiger partial charge is 0.678 e. The summed E-state index contributed by atoms with van der Waals surface area (Å²) in [5, 5.41) is 1.66. The lowest BCUT2D eigenvalue weighted by Crippen LogP contribution is -2.17. The van der Waals surface area contributed by atoms with E-state index in [2.05, 4.69) is 26.8 Å². The maximum absolute atomic E-state index is 14.5. The third-order valence-electron chi connectivity index (χ3n) is 6.19. The molecule has 2 heterocycles. The van der Waals surface area contributed by atoms with Crippen LogP contribution in [-0.2, 0) is 5.41 Å². The molecule has 1 aliphatic heterocycles. The maximum atomic E-state index is 14.5. The Balaban J connectivity index is 1.95. The van der Waals surface area contributed by atoms with Gasteiger partial charge in [0.1, 0.15) is 0 Å². The molecule has 3 nitrogen and oxygen atoms in total. The smallest absolute Gasteiger partial charge is 0.382 e. The molecule has 1 aliphatic rings. The number of para-hydroxylation sites is 1. The SMILES string of the molecule is CN(C)/C=C1\N=C(c2cc(C(C)(C)C)cc3c4ccccc4n(B(F)F)c23)c2ccccc21. The Hall–Kier alpha value is -3.41. The fourth-order valence-corrected chi connectivity index (χ4v) is 4.65. The average molecular weight is 441 g/mol. The second-order valence-electron chi connectivity index (χ2n) is 9.82. The minimum absolute atomic E-state index is 0.155. The highest BCUT2D eigenvalue weighted by atomic mass is 19.2. The van der Waals surface area contributed by atoms with Gasteiger partial charge in [-0.3, -0.25) is 8.63 Å². The highest BCUT2D eigenvalue weighted by molar-refractivity contribution is 6.46. The molecule has 0 bridgehead atoms. The van der Waals surface area contributed by atoms with Crippen LogP contribution in [0.3, 0.4) is 0 Å². The molecule has 0 saturated heterocycles. The Morgan fingerprint density at radius 3 is 2.21 bits per heavy atom. The predicted octanol–water partition coefficient (Wildman–Crippen LogP) is 6.58. The van der Waals surface area contributed by atoms with E-state index in [1.165, 1.54) is 0 Å². The molecule has 5 rings (SSSR count). The molecule has 0 aliphatic carbocycles. The number of aromatic nitrogens is 1. The normalized spacial score (nSPS) is 14.8. The third kappa shape index (κ3) is 3.45. The van der Waals surface area contributed by atoms with Crippen LogP contribution in [0.4, 0.5) is 8.63 Å². The van der Waals surface area contributed by atoms with Crippen molar-refractivity contribution < 1.29 is 8.63 Å². The van der Waals surface area contributed by atoms with E-state index in [4.69, 9.17) is 4.99 Å². The van der Waals surface area contributed by atoms with Crippen molar-refractivity contribution in [2.24, 2.45) is 4.99 Å². The van der Waals surface area contributed by atoms with E-state index >= 15 is 0 Å². The van der Waals surface area contributed by atoms with Crippen molar-refractivity contribution in [1.29, 1.82) is 0 Å². The maximum Gasteiger partial charge on any atom is 0.678 e. The van der Waals surface area contributed by atoms with Crippen LogP contribution in [0, 0.1) is 0 Å². The number of halogens is 2. The van der Waals surface area contributed by atoms with Crippen LogP contribution in [0.25, 0.3) is 27.5 Å². The summed E-state index contributed by atoms with van der Waals surface area (Å²) in [7, 11) is 1.24. The summed E-state index contributed by atoms with van der Waals surface area (Å²) in [6, 6.07) is 19.5. The summed E-state index contributed by atoms with van der Waals surface area (Å²) in [6.45, 7) is 6.43. The van der Waals surface area contributed by atoms with Crippen molar-refractivity contribution in [2.45, 2.75) is 26.2 Å². The van der Waals surface area contributed by atoms with Gasteiger partial charge in [0.25, 0.3) is 0 Å². The molecule has 1 aromatic heterocycles. The summed E-state index contributed by atoms with van der Waals surface area (Å²) in [5.41, 5.74) is 6.27. The zero-order valence-corrected chi connectivity index (χ0v) is 19.5. The molecular weight excluding hydrogens is 415 g/mol. The van der Waals surface area contributed by atoms with Gasteiger partial charge in [-0.15, -0.1) is 0 Å². The molecule has 166 valence electrons. The number of hydrogen-bond acceptors (Lipinski definition) is 2. The van der Waals surface area contributed by atoms with Crippen molar-refractivity contribution in [3.8, 4) is 0 Å². The van der Waals surface area contributed by atoms with E-state index in [1.807, 2.05) is 73.7 Å². The van der Waals surface area contributed by atoms with E-state index in [0.29, 0.717) is 11.0 Å². The highest BCUT2D eigenvalue weighted by Gasteiger charge is 2.31. The quantitative estimate of drug-likeness (QED) is 0.329. The number of rotatable bonds is 3. The molecule has 3 aromatic carbocycles. The summed E-state index contributed by atoms with van der Waals surface area (Å²) in [5.74, 6) is 0. The van der Waals surface area contributed by atoms with Gasteiger partial charge in [-0.25, -0.2) is 4.99 Å². The van der Waals surface area contributed by atoms with Crippen molar-refractivity contribution in [3.05, 3.63) is 89.1 Å². The number of nitrogens with zero attached hydrogens (tertiary/aromatic N) is 3. The number of hydrogen-bond donors (Lipinski definition) is 0. The molecule has 0 spiro atoms. The molecule has 33 heavy (non-hydrogen) atoms. The van der Waals surface area contributed by atoms with E-state index in [9.17, 15) is 8.63 Å². The van der Waals surface area contributed by atoms with Crippen LogP contribution in [0.2, 0.25) is 0 Å². The summed E-state index contributed by atoms with van der Waals surface area (Å²) < 4.78 is 30.2. The van der Waals surface area contributed by atoms with Gasteiger partial charge < -0.3 is 9.38 Å². The number of fused-ring (bicyclic) bond motifs is 4. The summed E-state index contributed by atoms with van der Waals surface area (Å²) in [6.07, 6.45) is 1.97. The zero-order valence-electron chi connectivity index (χ0n) is 19.5. The fourth-order valence-electron chi connectivity index (χ4n) is 4.65. The first-order valence-corrected chi connectivity index (χ1v) is 11.1. The lowest BCUT2D eigenvalue weighted by Gasteiger charge is -2.21.